The number of pyridine rings is 1. The molecule has 0 radical (unpaired) electrons. The number of alkyl halides is 3. The Kier molecular flexibility index (Phi) is 4.17. The fraction of sp³-hybridized carbons (Fsp3) is 0.444. The molecule has 0 N–H and O–H groups in total. The van der Waals surface area contributed by atoms with E-state index in [4.69, 9.17) is 0 Å². The van der Waals surface area contributed by atoms with Gasteiger partial charge in [0.15, 0.2) is 6.10 Å². The lowest BCUT2D eigenvalue weighted by Crippen LogP contribution is -2.22. The molecular formula is C9H10F3NO2S. The summed E-state index contributed by atoms with van der Waals surface area (Å²) in [6, 6.07) is 2.51. The number of hydrogen-bond acceptors (Lipinski definition) is 3. The predicted octanol–water partition coefficient (Wildman–Crippen LogP) is 2.07. The first-order chi connectivity index (χ1) is 7.36. The second-order valence-corrected chi connectivity index (χ2v) is 4.37. The van der Waals surface area contributed by atoms with Gasteiger partial charge in [0.05, 0.1) is 0 Å². The molecule has 0 spiro atoms. The number of hydrogen-bond donors (Lipinski definition) is 0. The average molecular weight is 253 g/mol. The fourth-order valence-corrected chi connectivity index (χ4v) is 1.64. The van der Waals surface area contributed by atoms with E-state index in [1.165, 1.54) is 18.4 Å². The molecule has 0 saturated heterocycles. The van der Waals surface area contributed by atoms with Gasteiger partial charge in [-0.15, -0.1) is 0 Å². The molecule has 2 unspecified atom stereocenters. The zero-order valence-corrected chi connectivity index (χ0v) is 9.43. The standard InChI is InChI=1S/C9H10F3NO2S/c1-15-8(9(10,11)12)6-3-4-7(13-5-6)16(2)14/h3-5,8H,1-2H3. The maximum absolute atomic E-state index is 12.5. The summed E-state index contributed by atoms with van der Waals surface area (Å²) in [5.41, 5.74) is -0.107. The molecule has 16 heavy (non-hydrogen) atoms. The highest BCUT2D eigenvalue weighted by molar-refractivity contribution is 7.90. The van der Waals surface area contributed by atoms with Crippen LogP contribution in [0.15, 0.2) is 23.4 Å². The molecule has 0 saturated carbocycles. The summed E-state index contributed by atoms with van der Waals surface area (Å²) in [7, 11) is 0.976. The molecule has 2 atom stereocenters. The van der Waals surface area contributed by atoms with E-state index >= 15 is 0 Å². The zero-order chi connectivity index (χ0) is 12.3. The summed E-state index contributed by atoms with van der Waals surface area (Å²) < 4.78 is 52.7. The molecule has 0 bridgehead atoms. The molecule has 0 amide bonds. The Morgan fingerprint density at radius 2 is 2.06 bits per heavy atom. The van der Waals surface area contributed by atoms with Gasteiger partial charge in [0.1, 0.15) is 6.26 Å². The van der Waals surface area contributed by atoms with Crippen molar-refractivity contribution in [3.05, 3.63) is 23.9 Å². The Morgan fingerprint density at radius 3 is 2.38 bits per heavy atom. The third-order valence-corrected chi connectivity index (χ3v) is 2.72. The van der Waals surface area contributed by atoms with Crippen LogP contribution in [0.5, 0.6) is 0 Å². The smallest absolute Gasteiger partial charge is 0.418 e. The van der Waals surface area contributed by atoms with Crippen LogP contribution in [0.3, 0.4) is 0 Å². The number of nitrogens with zero attached hydrogens (tertiary/aromatic N) is 1. The number of methoxy groups -OCH3 is 1. The molecule has 7 heteroatoms. The van der Waals surface area contributed by atoms with Gasteiger partial charge in [-0.1, -0.05) is 0 Å². The van der Waals surface area contributed by atoms with Crippen molar-refractivity contribution in [1.29, 1.82) is 0 Å². The van der Waals surface area contributed by atoms with Crippen LogP contribution < -0.4 is 0 Å². The quantitative estimate of drug-likeness (QED) is 0.775. The maximum Gasteiger partial charge on any atom is 0.418 e. The summed E-state index contributed by atoms with van der Waals surface area (Å²) in [4.78, 5) is 3.68. The Labute approximate surface area is 93.8 Å². The van der Waals surface area contributed by atoms with Crippen molar-refractivity contribution in [2.75, 3.05) is 13.4 Å². The van der Waals surface area contributed by atoms with Gasteiger partial charge in [0, 0.05) is 36.1 Å². The first-order valence-corrected chi connectivity index (χ1v) is 5.81. The highest BCUT2D eigenvalue weighted by Gasteiger charge is 2.41. The van der Waals surface area contributed by atoms with E-state index in [-0.39, 0.29) is 10.6 Å². The minimum atomic E-state index is -4.48. The van der Waals surface area contributed by atoms with Crippen molar-refractivity contribution >= 4 is 11.2 Å². The third kappa shape index (κ3) is 3.10. The maximum atomic E-state index is 12.5. The third-order valence-electron chi connectivity index (χ3n) is 1.89. The van der Waals surface area contributed by atoms with Crippen LogP contribution in [0.1, 0.15) is 11.7 Å². The van der Waals surface area contributed by atoms with E-state index in [2.05, 4.69) is 9.72 Å². The summed E-state index contributed by atoms with van der Waals surface area (Å²) >= 11 is -1.31. The molecule has 0 aliphatic rings. The molecule has 0 fully saturated rings. The first-order valence-electron chi connectivity index (χ1n) is 4.25. The van der Waals surface area contributed by atoms with Gasteiger partial charge < -0.3 is 9.29 Å². The van der Waals surface area contributed by atoms with Crippen LogP contribution in [0.4, 0.5) is 13.2 Å². The number of halogens is 3. The van der Waals surface area contributed by atoms with Crippen LogP contribution in [0.2, 0.25) is 0 Å². The van der Waals surface area contributed by atoms with Crippen LogP contribution in [-0.4, -0.2) is 29.1 Å². The fourth-order valence-electron chi connectivity index (χ4n) is 1.18. The number of rotatable bonds is 3. The van der Waals surface area contributed by atoms with E-state index in [0.29, 0.717) is 0 Å². The molecule has 1 aromatic heterocycles. The number of aromatic nitrogens is 1. The van der Waals surface area contributed by atoms with Crippen molar-refractivity contribution in [2.24, 2.45) is 0 Å². The highest BCUT2D eigenvalue weighted by Crippen LogP contribution is 2.34. The normalized spacial score (nSPS) is 15.9. The average Bonchev–Trinajstić information content (AvgIpc) is 2.17. The summed E-state index contributed by atoms with van der Waals surface area (Å²) in [6.07, 6.45) is -4.05. The Morgan fingerprint density at radius 1 is 1.44 bits per heavy atom. The first kappa shape index (κ1) is 13.3. The molecule has 0 aliphatic carbocycles. The lowest BCUT2D eigenvalue weighted by Gasteiger charge is -2.18. The topological polar surface area (TPSA) is 45.2 Å². The Bertz CT molecular complexity index is 340. The van der Waals surface area contributed by atoms with Crippen LogP contribution >= 0.6 is 0 Å². The van der Waals surface area contributed by atoms with Gasteiger partial charge in [0.25, 0.3) is 0 Å². The van der Waals surface area contributed by atoms with E-state index in [9.17, 15) is 17.7 Å². The molecule has 1 rings (SSSR count). The molecule has 0 aromatic carbocycles. The van der Waals surface area contributed by atoms with Crippen molar-refractivity contribution in [2.45, 2.75) is 17.3 Å². The van der Waals surface area contributed by atoms with Crippen molar-refractivity contribution in [1.82, 2.24) is 4.98 Å². The van der Waals surface area contributed by atoms with E-state index in [1.807, 2.05) is 0 Å². The van der Waals surface area contributed by atoms with Gasteiger partial charge in [-0.05, 0) is 6.07 Å². The van der Waals surface area contributed by atoms with Crippen LogP contribution in [-0.2, 0) is 15.9 Å². The molecule has 3 nitrogen and oxygen atoms in total. The monoisotopic (exact) mass is 253 g/mol. The lowest BCUT2D eigenvalue weighted by atomic mass is 10.1. The largest absolute Gasteiger partial charge is 0.610 e. The van der Waals surface area contributed by atoms with Crippen LogP contribution in [0, 0.1) is 0 Å². The highest BCUT2D eigenvalue weighted by atomic mass is 32.2. The van der Waals surface area contributed by atoms with E-state index in [1.54, 1.807) is 0 Å². The zero-order valence-electron chi connectivity index (χ0n) is 8.62. The van der Waals surface area contributed by atoms with Gasteiger partial charge in [-0.2, -0.15) is 13.2 Å². The van der Waals surface area contributed by atoms with Gasteiger partial charge in [-0.25, -0.2) is 4.98 Å². The van der Waals surface area contributed by atoms with E-state index in [0.717, 1.165) is 13.3 Å². The van der Waals surface area contributed by atoms with Crippen molar-refractivity contribution < 1.29 is 22.5 Å². The van der Waals surface area contributed by atoms with Crippen LogP contribution in [0.25, 0.3) is 0 Å². The Hall–Kier alpha value is -0.790. The predicted molar refractivity (Wildman–Crippen MR) is 52.4 cm³/mol. The molecule has 1 aromatic rings. The second-order valence-electron chi connectivity index (χ2n) is 3.04. The van der Waals surface area contributed by atoms with Crippen molar-refractivity contribution in [3.8, 4) is 0 Å². The minimum Gasteiger partial charge on any atom is -0.610 e. The summed E-state index contributed by atoms with van der Waals surface area (Å²) in [6.45, 7) is 0. The SMILES string of the molecule is COC(c1ccc([S+](C)[O-])nc1)C(F)(F)F. The van der Waals surface area contributed by atoms with Gasteiger partial charge in [-0.3, -0.25) is 0 Å². The molecule has 1 heterocycles. The van der Waals surface area contributed by atoms with Crippen molar-refractivity contribution in [3.63, 3.8) is 0 Å². The van der Waals surface area contributed by atoms with Gasteiger partial charge >= 0.3 is 6.18 Å². The molecule has 0 aliphatic heterocycles. The molecular weight excluding hydrogens is 243 g/mol. The summed E-state index contributed by atoms with van der Waals surface area (Å²) in [5, 5.41) is 0.237. The Balaban J connectivity index is 2.96. The summed E-state index contributed by atoms with van der Waals surface area (Å²) in [5.74, 6) is 0. The van der Waals surface area contributed by atoms with E-state index < -0.39 is 23.5 Å². The lowest BCUT2D eigenvalue weighted by molar-refractivity contribution is -0.216. The number of ether oxygens (including phenoxy) is 1. The second kappa shape index (κ2) is 5.03. The minimum absolute atomic E-state index is 0.107. The van der Waals surface area contributed by atoms with Gasteiger partial charge in [0.2, 0.25) is 5.03 Å². The molecule has 90 valence electrons.